The van der Waals surface area contributed by atoms with Gasteiger partial charge in [-0.3, -0.25) is 0 Å². The zero-order valence-electron chi connectivity index (χ0n) is 7.79. The lowest BCUT2D eigenvalue weighted by molar-refractivity contribution is 0.476. The molecule has 1 rings (SSSR count). The summed E-state index contributed by atoms with van der Waals surface area (Å²) in [6.45, 7) is 6.08. The molecule has 1 aromatic carbocycles. The average Bonchev–Trinajstić information content (AvgIpc) is 2.08. The van der Waals surface area contributed by atoms with E-state index in [-0.39, 0.29) is 0 Å². The van der Waals surface area contributed by atoms with Crippen molar-refractivity contribution in [3.05, 3.63) is 41.7 Å². The van der Waals surface area contributed by atoms with Crippen molar-refractivity contribution in [1.82, 2.24) is 0 Å². The number of aryl methyl sites for hydroxylation is 1. The predicted octanol–water partition coefficient (Wildman–Crippen LogP) is 3.22. The Morgan fingerprint density at radius 3 is 2.67 bits per heavy atom. The molecule has 0 atom stereocenters. The van der Waals surface area contributed by atoms with Gasteiger partial charge in [0.25, 0.3) is 0 Å². The molecule has 0 saturated carbocycles. The Morgan fingerprint density at radius 1 is 1.25 bits per heavy atom. The van der Waals surface area contributed by atoms with Crippen LogP contribution in [0.25, 0.3) is 0 Å². The number of rotatable bonds is 2. The highest BCUT2D eigenvalue weighted by atomic mass is 16.5. The molecule has 0 amide bonds. The molecule has 0 aromatic heterocycles. The van der Waals surface area contributed by atoms with Crippen molar-refractivity contribution >= 4 is 0 Å². The molecule has 1 nitrogen and oxygen atoms in total. The lowest BCUT2D eigenvalue weighted by Gasteiger charge is -2.06. The van der Waals surface area contributed by atoms with E-state index in [4.69, 9.17) is 4.74 Å². The van der Waals surface area contributed by atoms with Crippen LogP contribution in [-0.4, -0.2) is 0 Å². The maximum Gasteiger partial charge on any atom is 0.129 e. The van der Waals surface area contributed by atoms with Gasteiger partial charge in [-0.15, -0.1) is 0 Å². The largest absolute Gasteiger partial charge is 0.465 e. The summed E-state index contributed by atoms with van der Waals surface area (Å²) in [6.07, 6.45) is 3.57. The van der Waals surface area contributed by atoms with Gasteiger partial charge in [-0.25, -0.2) is 0 Å². The zero-order chi connectivity index (χ0) is 8.97. The van der Waals surface area contributed by atoms with Gasteiger partial charge in [-0.2, -0.15) is 0 Å². The minimum absolute atomic E-state index is 0.938. The SMILES string of the molecule is CC=COc1cccc(C)c1C. The summed E-state index contributed by atoms with van der Waals surface area (Å²) in [5.41, 5.74) is 2.47. The van der Waals surface area contributed by atoms with Crippen molar-refractivity contribution in [2.45, 2.75) is 20.8 Å². The summed E-state index contributed by atoms with van der Waals surface area (Å²) < 4.78 is 5.39. The molecule has 0 bridgehead atoms. The van der Waals surface area contributed by atoms with Crippen LogP contribution in [0.15, 0.2) is 30.5 Å². The van der Waals surface area contributed by atoms with Gasteiger partial charge in [0, 0.05) is 0 Å². The number of hydrogen-bond acceptors (Lipinski definition) is 1. The molecule has 0 saturated heterocycles. The summed E-state index contributed by atoms with van der Waals surface area (Å²) in [6, 6.07) is 6.06. The van der Waals surface area contributed by atoms with Crippen LogP contribution in [0.1, 0.15) is 18.1 Å². The summed E-state index contributed by atoms with van der Waals surface area (Å²) in [7, 11) is 0. The van der Waals surface area contributed by atoms with E-state index in [9.17, 15) is 0 Å². The number of hydrogen-bond donors (Lipinski definition) is 0. The lowest BCUT2D eigenvalue weighted by atomic mass is 10.1. The van der Waals surface area contributed by atoms with Crippen LogP contribution in [0.3, 0.4) is 0 Å². The average molecular weight is 162 g/mol. The zero-order valence-corrected chi connectivity index (χ0v) is 7.79. The van der Waals surface area contributed by atoms with E-state index in [0.717, 1.165) is 5.75 Å². The van der Waals surface area contributed by atoms with Crippen LogP contribution in [0, 0.1) is 13.8 Å². The second-order valence-electron chi connectivity index (χ2n) is 2.79. The third-order valence-electron chi connectivity index (χ3n) is 1.89. The molecule has 0 aliphatic heterocycles. The van der Waals surface area contributed by atoms with E-state index < -0.39 is 0 Å². The predicted molar refractivity (Wildman–Crippen MR) is 51.4 cm³/mol. The van der Waals surface area contributed by atoms with Gasteiger partial charge in [0.05, 0.1) is 6.26 Å². The van der Waals surface area contributed by atoms with Crippen LogP contribution < -0.4 is 4.74 Å². The normalized spacial score (nSPS) is 10.6. The summed E-state index contributed by atoms with van der Waals surface area (Å²) in [5.74, 6) is 0.938. The Labute approximate surface area is 73.7 Å². The van der Waals surface area contributed by atoms with Crippen molar-refractivity contribution in [2.75, 3.05) is 0 Å². The Kier molecular flexibility index (Phi) is 2.92. The fraction of sp³-hybridized carbons (Fsp3) is 0.273. The number of ether oxygens (including phenoxy) is 1. The maximum absolute atomic E-state index is 5.39. The Balaban J connectivity index is 2.92. The first kappa shape index (κ1) is 8.85. The molecule has 0 spiro atoms. The van der Waals surface area contributed by atoms with Crippen LogP contribution in [-0.2, 0) is 0 Å². The highest BCUT2D eigenvalue weighted by molar-refractivity contribution is 5.38. The van der Waals surface area contributed by atoms with Gasteiger partial charge < -0.3 is 4.74 Å². The first-order valence-electron chi connectivity index (χ1n) is 4.09. The quantitative estimate of drug-likeness (QED) is 0.607. The first-order chi connectivity index (χ1) is 5.75. The molecule has 0 unspecified atom stereocenters. The van der Waals surface area contributed by atoms with E-state index in [1.807, 2.05) is 25.1 Å². The van der Waals surface area contributed by atoms with E-state index in [1.54, 1.807) is 6.26 Å². The lowest BCUT2D eigenvalue weighted by Crippen LogP contribution is -1.87. The summed E-state index contributed by atoms with van der Waals surface area (Å²) in [4.78, 5) is 0. The monoisotopic (exact) mass is 162 g/mol. The van der Waals surface area contributed by atoms with Crippen LogP contribution in [0.2, 0.25) is 0 Å². The van der Waals surface area contributed by atoms with E-state index in [1.165, 1.54) is 11.1 Å². The molecular weight excluding hydrogens is 148 g/mol. The summed E-state index contributed by atoms with van der Waals surface area (Å²) in [5, 5.41) is 0. The Morgan fingerprint density at radius 2 is 2.00 bits per heavy atom. The minimum Gasteiger partial charge on any atom is -0.465 e. The van der Waals surface area contributed by atoms with E-state index in [2.05, 4.69) is 19.9 Å². The fourth-order valence-electron chi connectivity index (χ4n) is 0.993. The number of allylic oxidation sites excluding steroid dienone is 1. The standard InChI is InChI=1S/C11H14O/c1-4-8-12-11-7-5-6-9(2)10(11)3/h4-8H,1-3H3. The molecule has 0 N–H and O–H groups in total. The van der Waals surface area contributed by atoms with E-state index >= 15 is 0 Å². The van der Waals surface area contributed by atoms with Crippen molar-refractivity contribution < 1.29 is 4.74 Å². The van der Waals surface area contributed by atoms with Gasteiger partial charge in [0.1, 0.15) is 5.75 Å². The molecule has 0 heterocycles. The summed E-state index contributed by atoms with van der Waals surface area (Å²) >= 11 is 0. The van der Waals surface area contributed by atoms with E-state index in [0.29, 0.717) is 0 Å². The molecule has 0 fully saturated rings. The molecule has 1 aromatic rings. The minimum atomic E-state index is 0.938. The number of benzene rings is 1. The molecule has 0 aliphatic rings. The van der Waals surface area contributed by atoms with Gasteiger partial charge in [-0.1, -0.05) is 18.2 Å². The molecule has 64 valence electrons. The second kappa shape index (κ2) is 3.96. The topological polar surface area (TPSA) is 9.23 Å². The van der Waals surface area contributed by atoms with Crippen molar-refractivity contribution in [2.24, 2.45) is 0 Å². The molecule has 0 aliphatic carbocycles. The van der Waals surface area contributed by atoms with Crippen LogP contribution in [0.4, 0.5) is 0 Å². The highest BCUT2D eigenvalue weighted by Gasteiger charge is 1.98. The molecule has 0 radical (unpaired) electrons. The van der Waals surface area contributed by atoms with Crippen LogP contribution >= 0.6 is 0 Å². The third-order valence-corrected chi connectivity index (χ3v) is 1.89. The Bertz CT molecular complexity index is 287. The van der Waals surface area contributed by atoms with Gasteiger partial charge in [-0.05, 0) is 38.0 Å². The second-order valence-corrected chi connectivity index (χ2v) is 2.79. The van der Waals surface area contributed by atoms with Crippen LogP contribution in [0.5, 0.6) is 5.75 Å². The van der Waals surface area contributed by atoms with Crippen molar-refractivity contribution in [3.63, 3.8) is 0 Å². The molecule has 1 heteroatoms. The first-order valence-corrected chi connectivity index (χ1v) is 4.09. The molecular formula is C11H14O. The maximum atomic E-state index is 5.39. The smallest absolute Gasteiger partial charge is 0.129 e. The third kappa shape index (κ3) is 1.88. The van der Waals surface area contributed by atoms with Crippen molar-refractivity contribution in [3.8, 4) is 5.75 Å². The van der Waals surface area contributed by atoms with Gasteiger partial charge in [0.15, 0.2) is 0 Å². The molecule has 12 heavy (non-hydrogen) atoms. The Hall–Kier alpha value is -1.24. The van der Waals surface area contributed by atoms with Crippen molar-refractivity contribution in [1.29, 1.82) is 0 Å². The fourth-order valence-corrected chi connectivity index (χ4v) is 0.993. The highest BCUT2D eigenvalue weighted by Crippen LogP contribution is 2.20. The van der Waals surface area contributed by atoms with Gasteiger partial charge in [0.2, 0.25) is 0 Å². The van der Waals surface area contributed by atoms with Gasteiger partial charge >= 0.3 is 0 Å².